The normalized spacial score (nSPS) is 19.1. The molecule has 0 aliphatic carbocycles. The van der Waals surface area contributed by atoms with E-state index >= 15 is 0 Å². The van der Waals surface area contributed by atoms with Gasteiger partial charge in [-0.1, -0.05) is 0 Å². The van der Waals surface area contributed by atoms with Crippen LogP contribution in [0.2, 0.25) is 0 Å². The van der Waals surface area contributed by atoms with Crippen molar-refractivity contribution in [1.29, 1.82) is 0 Å². The molecule has 2 nitrogen and oxygen atoms in total. The van der Waals surface area contributed by atoms with Crippen molar-refractivity contribution >= 4 is 22.9 Å². The molecule has 0 aromatic carbocycles. The third-order valence-corrected chi connectivity index (χ3v) is 1.46. The molecule has 0 fully saturated rings. The van der Waals surface area contributed by atoms with Crippen LogP contribution >= 0.6 is 22.9 Å². The second-order valence-electron chi connectivity index (χ2n) is 1.55. The van der Waals surface area contributed by atoms with Crippen LogP contribution in [0, 0.1) is 0 Å². The van der Waals surface area contributed by atoms with Gasteiger partial charge >= 0.3 is 0 Å². The summed E-state index contributed by atoms with van der Waals surface area (Å²) < 4.78 is 2.08. The number of allylic oxidation sites excluding steroid dienone is 1. The molecule has 0 bridgehead atoms. The van der Waals surface area contributed by atoms with E-state index in [1.54, 1.807) is 0 Å². The number of nitrogens with zero attached hydrogens (tertiary/aromatic N) is 1. The van der Waals surface area contributed by atoms with Crippen LogP contribution in [0.3, 0.4) is 0 Å². The third kappa shape index (κ3) is 1.22. The van der Waals surface area contributed by atoms with Crippen LogP contribution in [0.25, 0.3) is 0 Å². The lowest BCUT2D eigenvalue weighted by molar-refractivity contribution is 0.668. The minimum atomic E-state index is 0.951. The summed E-state index contributed by atoms with van der Waals surface area (Å²) in [6.07, 6.45) is 2.07. The fourth-order valence-corrected chi connectivity index (χ4v) is 1.09. The van der Waals surface area contributed by atoms with Crippen molar-refractivity contribution in [2.45, 2.75) is 6.92 Å². The highest BCUT2D eigenvalue weighted by atomic mass is 127. The lowest BCUT2D eigenvalue weighted by atomic mass is 10.6. The van der Waals surface area contributed by atoms with Crippen molar-refractivity contribution in [3.8, 4) is 0 Å². The molecule has 0 amide bonds. The minimum Gasteiger partial charge on any atom is -0.370 e. The number of halogens is 1. The van der Waals surface area contributed by atoms with Crippen molar-refractivity contribution < 1.29 is 0 Å². The summed E-state index contributed by atoms with van der Waals surface area (Å²) in [5, 5.41) is 3.15. The van der Waals surface area contributed by atoms with Crippen molar-refractivity contribution in [2.24, 2.45) is 0 Å². The van der Waals surface area contributed by atoms with E-state index in [-0.39, 0.29) is 0 Å². The van der Waals surface area contributed by atoms with Crippen molar-refractivity contribution in [3.63, 3.8) is 0 Å². The van der Waals surface area contributed by atoms with E-state index in [4.69, 9.17) is 0 Å². The average molecular weight is 210 g/mol. The maximum Gasteiger partial charge on any atom is 0.0964 e. The van der Waals surface area contributed by atoms with Crippen LogP contribution in [0.1, 0.15) is 6.92 Å². The standard InChI is InChI=1S/C4H7IN2/c1-4-2-7(5)3-6-4/h2,6H,3H2,1H3. The fraction of sp³-hybridized carbons (Fsp3) is 0.500. The van der Waals surface area contributed by atoms with Crippen molar-refractivity contribution in [2.75, 3.05) is 6.67 Å². The van der Waals surface area contributed by atoms with E-state index < -0.39 is 0 Å². The maximum atomic E-state index is 3.15. The van der Waals surface area contributed by atoms with Gasteiger partial charge in [0.1, 0.15) is 0 Å². The Labute approximate surface area is 57.1 Å². The van der Waals surface area contributed by atoms with E-state index in [1.807, 2.05) is 0 Å². The van der Waals surface area contributed by atoms with Gasteiger partial charge in [-0.3, -0.25) is 0 Å². The summed E-state index contributed by atoms with van der Waals surface area (Å²) in [4.78, 5) is 0. The Hall–Kier alpha value is 0.0700. The van der Waals surface area contributed by atoms with E-state index in [1.165, 1.54) is 5.70 Å². The van der Waals surface area contributed by atoms with Gasteiger partial charge < -0.3 is 8.43 Å². The Kier molecular flexibility index (Phi) is 1.41. The summed E-state index contributed by atoms with van der Waals surface area (Å²) in [5.41, 5.74) is 1.24. The zero-order valence-corrected chi connectivity index (χ0v) is 6.27. The first-order chi connectivity index (χ1) is 3.29. The second-order valence-corrected chi connectivity index (χ2v) is 2.79. The molecule has 1 aliphatic rings. The summed E-state index contributed by atoms with van der Waals surface area (Å²) in [7, 11) is 0. The predicted octanol–water partition coefficient (Wildman–Crippen LogP) is 1.06. The molecule has 1 aliphatic heterocycles. The quantitative estimate of drug-likeness (QED) is 0.475. The predicted molar refractivity (Wildman–Crippen MR) is 37.6 cm³/mol. The van der Waals surface area contributed by atoms with Crippen LogP contribution in [-0.2, 0) is 0 Å². The first-order valence-electron chi connectivity index (χ1n) is 2.14. The zero-order valence-electron chi connectivity index (χ0n) is 4.11. The van der Waals surface area contributed by atoms with Gasteiger partial charge in [0.25, 0.3) is 0 Å². The highest BCUT2D eigenvalue weighted by molar-refractivity contribution is 14.1. The van der Waals surface area contributed by atoms with Crippen LogP contribution in [0.4, 0.5) is 0 Å². The summed E-state index contributed by atoms with van der Waals surface area (Å²) in [5.74, 6) is 0. The summed E-state index contributed by atoms with van der Waals surface area (Å²) in [6.45, 7) is 3.01. The molecule has 0 radical (unpaired) electrons. The number of hydrogen-bond donors (Lipinski definition) is 1. The molecule has 0 atom stereocenters. The van der Waals surface area contributed by atoms with Crippen LogP contribution in [0.15, 0.2) is 11.9 Å². The van der Waals surface area contributed by atoms with Gasteiger partial charge in [-0.25, -0.2) is 0 Å². The Balaban J connectivity index is 2.50. The number of rotatable bonds is 0. The fourth-order valence-electron chi connectivity index (χ4n) is 0.502. The molecular formula is C4H7IN2. The molecule has 7 heavy (non-hydrogen) atoms. The zero-order chi connectivity index (χ0) is 5.28. The molecule has 40 valence electrons. The first kappa shape index (κ1) is 5.21. The van der Waals surface area contributed by atoms with Crippen molar-refractivity contribution in [1.82, 2.24) is 8.43 Å². The maximum absolute atomic E-state index is 3.15. The van der Waals surface area contributed by atoms with Gasteiger partial charge in [0.15, 0.2) is 0 Å². The SMILES string of the molecule is CC1=CN(I)CN1. The second kappa shape index (κ2) is 1.90. The average Bonchev–Trinajstić information content (AvgIpc) is 1.87. The van der Waals surface area contributed by atoms with E-state index in [0.717, 1.165) is 6.67 Å². The molecule has 3 heteroatoms. The van der Waals surface area contributed by atoms with Gasteiger partial charge in [-0.05, 0) is 6.92 Å². The Bertz CT molecular complexity index is 99.9. The van der Waals surface area contributed by atoms with Gasteiger partial charge in [0, 0.05) is 11.9 Å². The smallest absolute Gasteiger partial charge is 0.0964 e. The summed E-state index contributed by atoms with van der Waals surface area (Å²) in [6, 6.07) is 0. The molecule has 1 rings (SSSR count). The third-order valence-electron chi connectivity index (χ3n) is 0.843. The molecule has 0 spiro atoms. The molecule has 0 unspecified atom stereocenters. The molecule has 1 N–H and O–H groups in total. The minimum absolute atomic E-state index is 0.951. The van der Waals surface area contributed by atoms with Gasteiger partial charge in [0.2, 0.25) is 0 Å². The molecule has 0 aromatic rings. The first-order valence-corrected chi connectivity index (χ1v) is 3.10. The summed E-state index contributed by atoms with van der Waals surface area (Å²) >= 11 is 2.24. The molecule has 0 saturated heterocycles. The Morgan fingerprint density at radius 2 is 2.71 bits per heavy atom. The van der Waals surface area contributed by atoms with Crippen LogP contribution < -0.4 is 5.32 Å². The molecule has 1 heterocycles. The largest absolute Gasteiger partial charge is 0.370 e. The van der Waals surface area contributed by atoms with E-state index in [0.29, 0.717) is 0 Å². The molecule has 0 saturated carbocycles. The monoisotopic (exact) mass is 210 g/mol. The van der Waals surface area contributed by atoms with E-state index in [9.17, 15) is 0 Å². The highest BCUT2D eigenvalue weighted by Gasteiger charge is 2.00. The van der Waals surface area contributed by atoms with E-state index in [2.05, 4.69) is 44.4 Å². The lowest BCUT2D eigenvalue weighted by Crippen LogP contribution is -2.11. The molecule has 0 aromatic heterocycles. The van der Waals surface area contributed by atoms with Gasteiger partial charge in [-0.15, -0.1) is 0 Å². The topological polar surface area (TPSA) is 15.3 Å². The Morgan fingerprint density at radius 1 is 2.00 bits per heavy atom. The Morgan fingerprint density at radius 3 is 2.86 bits per heavy atom. The van der Waals surface area contributed by atoms with Crippen molar-refractivity contribution in [3.05, 3.63) is 11.9 Å². The highest BCUT2D eigenvalue weighted by Crippen LogP contribution is 2.06. The number of hydrogen-bond acceptors (Lipinski definition) is 2. The van der Waals surface area contributed by atoms with Crippen LogP contribution in [0.5, 0.6) is 0 Å². The van der Waals surface area contributed by atoms with Gasteiger partial charge in [-0.2, -0.15) is 0 Å². The number of nitrogens with one attached hydrogen (secondary N) is 1. The van der Waals surface area contributed by atoms with Crippen LogP contribution in [-0.4, -0.2) is 9.78 Å². The molecular weight excluding hydrogens is 203 g/mol. The van der Waals surface area contributed by atoms with Gasteiger partial charge in [0.05, 0.1) is 29.5 Å². The lowest BCUT2D eigenvalue weighted by Gasteiger charge is -1.98.